The van der Waals surface area contributed by atoms with Gasteiger partial charge in [-0.05, 0) is 38.1 Å². The Bertz CT molecular complexity index is 1250. The van der Waals surface area contributed by atoms with Crippen LogP contribution < -0.4 is 10.5 Å². The number of aromatic nitrogens is 6. The van der Waals surface area contributed by atoms with Gasteiger partial charge in [-0.2, -0.15) is 5.10 Å². The molecular formula is C21H20FN7O. The Balaban J connectivity index is 1.79. The highest BCUT2D eigenvalue weighted by atomic mass is 19.1. The molecular weight excluding hydrogens is 385 g/mol. The molecule has 0 spiro atoms. The first-order chi connectivity index (χ1) is 14.5. The molecule has 1 aliphatic rings. The topological polar surface area (TPSA) is 96.7 Å². The zero-order chi connectivity index (χ0) is 20.8. The van der Waals surface area contributed by atoms with Crippen LogP contribution in [0.5, 0.6) is 5.75 Å². The SMILES string of the molecule is CCn1ncc2c1-c1cnc(N)c(c1)OC(C)c1cc(F)ccc1-c1cnnn1C2. The molecule has 2 N–H and O–H groups in total. The number of hydrogen-bond donors (Lipinski definition) is 1. The van der Waals surface area contributed by atoms with Crippen LogP contribution in [0.25, 0.3) is 22.5 Å². The number of nitrogens with zero attached hydrogens (tertiary/aromatic N) is 6. The fourth-order valence-corrected chi connectivity index (χ4v) is 3.89. The van der Waals surface area contributed by atoms with Crippen LogP contribution >= 0.6 is 0 Å². The predicted molar refractivity (Wildman–Crippen MR) is 109 cm³/mol. The second kappa shape index (κ2) is 6.94. The number of ether oxygens (including phenoxy) is 1. The molecule has 9 heteroatoms. The third-order valence-electron chi connectivity index (χ3n) is 5.34. The summed E-state index contributed by atoms with van der Waals surface area (Å²) in [6.07, 6.45) is 4.73. The zero-order valence-electron chi connectivity index (χ0n) is 16.6. The van der Waals surface area contributed by atoms with Crippen molar-refractivity contribution in [3.8, 4) is 28.3 Å². The lowest BCUT2D eigenvalue weighted by atomic mass is 10.00. The monoisotopic (exact) mass is 405 g/mol. The van der Waals surface area contributed by atoms with Gasteiger partial charge in [0.05, 0.1) is 30.3 Å². The zero-order valence-corrected chi connectivity index (χ0v) is 16.6. The molecule has 3 aromatic heterocycles. The van der Waals surface area contributed by atoms with Gasteiger partial charge in [-0.3, -0.25) is 4.68 Å². The number of aryl methyl sites for hydroxylation is 1. The first kappa shape index (κ1) is 18.3. The molecule has 0 radical (unpaired) electrons. The lowest BCUT2D eigenvalue weighted by Crippen LogP contribution is -2.12. The average Bonchev–Trinajstić information content (AvgIpc) is 3.36. The molecule has 1 atom stereocenters. The quantitative estimate of drug-likeness (QED) is 0.521. The van der Waals surface area contributed by atoms with Crippen LogP contribution in [0.15, 0.2) is 42.9 Å². The van der Waals surface area contributed by atoms with Crippen LogP contribution in [0.3, 0.4) is 0 Å². The summed E-state index contributed by atoms with van der Waals surface area (Å²) in [6, 6.07) is 6.47. The van der Waals surface area contributed by atoms with Crippen LogP contribution in [-0.2, 0) is 13.1 Å². The average molecular weight is 405 g/mol. The number of rotatable bonds is 1. The standard InChI is InChI=1S/C21H20FN7O/c1-3-28-20-13-6-19(21(23)24-8-13)30-12(2)17-7-15(22)4-5-16(17)18-10-25-27-29(18)11-14(20)9-26-28/h4-10,12H,3,11H2,1-2H3,(H2,23,24). The summed E-state index contributed by atoms with van der Waals surface area (Å²) < 4.78 is 24.0. The van der Waals surface area contributed by atoms with Gasteiger partial charge in [0.2, 0.25) is 0 Å². The molecule has 0 fully saturated rings. The normalized spacial score (nSPS) is 15.2. The molecule has 8 nitrogen and oxygen atoms in total. The van der Waals surface area contributed by atoms with Gasteiger partial charge >= 0.3 is 0 Å². The highest BCUT2D eigenvalue weighted by Crippen LogP contribution is 2.36. The van der Waals surface area contributed by atoms with E-state index in [0.29, 0.717) is 24.4 Å². The maximum Gasteiger partial charge on any atom is 0.166 e. The smallest absolute Gasteiger partial charge is 0.166 e. The highest BCUT2D eigenvalue weighted by molar-refractivity contribution is 5.69. The van der Waals surface area contributed by atoms with E-state index in [1.54, 1.807) is 23.1 Å². The van der Waals surface area contributed by atoms with E-state index >= 15 is 0 Å². The maximum atomic E-state index is 14.1. The van der Waals surface area contributed by atoms with Crippen LogP contribution in [0.1, 0.15) is 31.1 Å². The van der Waals surface area contributed by atoms with E-state index in [-0.39, 0.29) is 11.6 Å². The Morgan fingerprint density at radius 2 is 2.10 bits per heavy atom. The molecule has 2 bridgehead atoms. The van der Waals surface area contributed by atoms with Crippen molar-refractivity contribution < 1.29 is 9.13 Å². The van der Waals surface area contributed by atoms with Gasteiger partial charge in [-0.25, -0.2) is 14.1 Å². The molecule has 1 aliphatic heterocycles. The third-order valence-corrected chi connectivity index (χ3v) is 5.34. The Labute approximate surface area is 172 Å². The summed E-state index contributed by atoms with van der Waals surface area (Å²) >= 11 is 0. The van der Waals surface area contributed by atoms with Gasteiger partial charge in [-0.1, -0.05) is 5.21 Å². The molecule has 5 rings (SSSR count). The summed E-state index contributed by atoms with van der Waals surface area (Å²) in [7, 11) is 0. The summed E-state index contributed by atoms with van der Waals surface area (Å²) in [5.41, 5.74) is 11.0. The van der Waals surface area contributed by atoms with Gasteiger partial charge in [-0.15, -0.1) is 5.10 Å². The van der Waals surface area contributed by atoms with Crippen molar-refractivity contribution in [1.29, 1.82) is 0 Å². The van der Waals surface area contributed by atoms with Gasteiger partial charge < -0.3 is 10.5 Å². The second-order valence-corrected chi connectivity index (χ2v) is 7.21. The first-order valence-corrected chi connectivity index (χ1v) is 9.70. The summed E-state index contributed by atoms with van der Waals surface area (Å²) in [5.74, 6) is 0.371. The van der Waals surface area contributed by atoms with Crippen LogP contribution in [0.2, 0.25) is 0 Å². The molecule has 0 saturated carbocycles. The van der Waals surface area contributed by atoms with Gasteiger partial charge in [0.25, 0.3) is 0 Å². The van der Waals surface area contributed by atoms with Crippen molar-refractivity contribution in [1.82, 2.24) is 29.8 Å². The van der Waals surface area contributed by atoms with E-state index in [4.69, 9.17) is 10.5 Å². The number of hydrogen-bond acceptors (Lipinski definition) is 6. The van der Waals surface area contributed by atoms with E-state index < -0.39 is 6.10 Å². The molecule has 1 unspecified atom stereocenters. The van der Waals surface area contributed by atoms with Crippen molar-refractivity contribution in [2.45, 2.75) is 33.0 Å². The number of nitrogen functional groups attached to an aromatic ring is 1. The fraction of sp³-hybridized carbons (Fsp3) is 0.238. The van der Waals surface area contributed by atoms with E-state index in [0.717, 1.165) is 28.1 Å². The van der Waals surface area contributed by atoms with E-state index in [1.807, 2.05) is 30.8 Å². The maximum absolute atomic E-state index is 14.1. The third kappa shape index (κ3) is 2.90. The number of benzene rings is 1. The Morgan fingerprint density at radius 1 is 1.23 bits per heavy atom. The minimum absolute atomic E-state index is 0.274. The molecule has 4 aromatic rings. The van der Waals surface area contributed by atoms with Crippen molar-refractivity contribution in [3.05, 3.63) is 59.8 Å². The van der Waals surface area contributed by atoms with Gasteiger partial charge in [0.1, 0.15) is 11.9 Å². The number of nitrogens with two attached hydrogens (primary N) is 1. The molecule has 0 saturated heterocycles. The summed E-state index contributed by atoms with van der Waals surface area (Å²) in [4.78, 5) is 4.33. The molecule has 0 aliphatic carbocycles. The molecule has 30 heavy (non-hydrogen) atoms. The van der Waals surface area contributed by atoms with Gasteiger partial charge in [0.15, 0.2) is 11.6 Å². The molecule has 1 aromatic carbocycles. The Hall–Kier alpha value is -3.75. The lowest BCUT2D eigenvalue weighted by molar-refractivity contribution is 0.227. The first-order valence-electron chi connectivity index (χ1n) is 9.70. The van der Waals surface area contributed by atoms with Crippen molar-refractivity contribution in [3.63, 3.8) is 0 Å². The molecule has 0 amide bonds. The van der Waals surface area contributed by atoms with Gasteiger partial charge in [0, 0.05) is 35.0 Å². The number of anilines is 1. The van der Waals surface area contributed by atoms with Crippen LogP contribution in [0, 0.1) is 5.82 Å². The minimum atomic E-state index is -0.478. The number of fused-ring (bicyclic) bond motifs is 7. The second-order valence-electron chi connectivity index (χ2n) is 7.21. The van der Waals surface area contributed by atoms with Crippen molar-refractivity contribution in [2.75, 3.05) is 5.73 Å². The number of halogens is 1. The van der Waals surface area contributed by atoms with E-state index in [1.165, 1.54) is 12.1 Å². The summed E-state index contributed by atoms with van der Waals surface area (Å²) in [5, 5.41) is 12.9. The van der Waals surface area contributed by atoms with Crippen molar-refractivity contribution >= 4 is 5.82 Å². The predicted octanol–water partition coefficient (Wildman–Crippen LogP) is 3.45. The lowest BCUT2D eigenvalue weighted by Gasteiger charge is -2.21. The van der Waals surface area contributed by atoms with Crippen LogP contribution in [0.4, 0.5) is 10.2 Å². The van der Waals surface area contributed by atoms with E-state index in [9.17, 15) is 4.39 Å². The largest absolute Gasteiger partial charge is 0.482 e. The minimum Gasteiger partial charge on any atom is -0.482 e. The Morgan fingerprint density at radius 3 is 2.93 bits per heavy atom. The van der Waals surface area contributed by atoms with Crippen LogP contribution in [-0.4, -0.2) is 29.8 Å². The summed E-state index contributed by atoms with van der Waals surface area (Å²) in [6.45, 7) is 5.03. The van der Waals surface area contributed by atoms with E-state index in [2.05, 4.69) is 20.4 Å². The Kier molecular flexibility index (Phi) is 4.23. The highest BCUT2D eigenvalue weighted by Gasteiger charge is 2.23. The fourth-order valence-electron chi connectivity index (χ4n) is 3.89. The number of pyridine rings is 1. The molecule has 4 heterocycles. The molecule has 152 valence electrons. The van der Waals surface area contributed by atoms with Crippen molar-refractivity contribution in [2.24, 2.45) is 0 Å².